The van der Waals surface area contributed by atoms with E-state index in [1.807, 2.05) is 12.1 Å². The molecule has 0 fully saturated rings. The van der Waals surface area contributed by atoms with E-state index in [2.05, 4.69) is 109 Å². The van der Waals surface area contributed by atoms with E-state index >= 15 is 0 Å². The molecule has 0 radical (unpaired) electrons. The number of benzene rings is 6. The third kappa shape index (κ3) is 2.63. The molecule has 0 spiro atoms. The van der Waals surface area contributed by atoms with E-state index < -0.39 is 0 Å². The molecule has 0 saturated carbocycles. The van der Waals surface area contributed by atoms with E-state index in [1.54, 1.807) is 0 Å². The van der Waals surface area contributed by atoms with Gasteiger partial charge in [0.1, 0.15) is 0 Å². The monoisotopic (exact) mass is 470 g/mol. The van der Waals surface area contributed by atoms with Gasteiger partial charge in [-0.1, -0.05) is 54.6 Å². The fourth-order valence-corrected chi connectivity index (χ4v) is 6.44. The van der Waals surface area contributed by atoms with E-state index in [9.17, 15) is 5.26 Å². The van der Waals surface area contributed by atoms with E-state index in [0.717, 1.165) is 11.1 Å². The highest BCUT2D eigenvalue weighted by Gasteiger charge is 2.22. The molecule has 37 heavy (non-hydrogen) atoms. The highest BCUT2D eigenvalue weighted by atomic mass is 14.9. The first kappa shape index (κ1) is 20.3. The smallest absolute Gasteiger partial charge is 0.0991 e. The largest absolute Gasteiger partial charge is 0.308 e. The minimum Gasteiger partial charge on any atom is -0.308 e. The maximum absolute atomic E-state index is 9.60. The van der Waals surface area contributed by atoms with Crippen LogP contribution in [0.25, 0.3) is 70.8 Å². The zero-order valence-corrected chi connectivity index (χ0v) is 20.6. The van der Waals surface area contributed by atoms with Gasteiger partial charge in [-0.2, -0.15) is 5.26 Å². The van der Waals surface area contributed by atoms with E-state index in [1.165, 1.54) is 70.8 Å². The topological polar surface area (TPSA) is 28.2 Å². The molecule has 0 amide bonds. The maximum atomic E-state index is 9.60. The molecule has 0 aliphatic heterocycles. The van der Waals surface area contributed by atoms with Gasteiger partial charge in [-0.05, 0) is 100 Å². The van der Waals surface area contributed by atoms with Crippen LogP contribution in [0.3, 0.4) is 0 Å². The van der Waals surface area contributed by atoms with Gasteiger partial charge in [0.2, 0.25) is 0 Å². The summed E-state index contributed by atoms with van der Waals surface area (Å²) in [5.74, 6) is 0. The van der Waals surface area contributed by atoms with Crippen LogP contribution >= 0.6 is 0 Å². The van der Waals surface area contributed by atoms with Crippen LogP contribution in [0, 0.1) is 25.2 Å². The first-order chi connectivity index (χ1) is 18.1. The average Bonchev–Trinajstić information content (AvgIpc) is 3.43. The van der Waals surface area contributed by atoms with Gasteiger partial charge in [0.15, 0.2) is 0 Å². The van der Waals surface area contributed by atoms with Crippen LogP contribution in [0.1, 0.15) is 16.7 Å². The second-order valence-electron chi connectivity index (χ2n) is 10.2. The van der Waals surface area contributed by atoms with Crippen LogP contribution in [-0.2, 0) is 0 Å². The Hall–Kier alpha value is -4.87. The summed E-state index contributed by atoms with van der Waals surface area (Å²) in [6.45, 7) is 4.38. The van der Waals surface area contributed by atoms with Crippen LogP contribution in [0.15, 0.2) is 97.1 Å². The third-order valence-corrected chi connectivity index (χ3v) is 8.20. The van der Waals surface area contributed by atoms with Crippen LogP contribution < -0.4 is 0 Å². The molecule has 2 heterocycles. The standard InChI is InChI=1S/C35H22N2/c1-20-11-12-22(19-36)13-28(20)26-16-30-29-14-23-7-3-4-8-24(23)18-33(29)37-34-21(2)27-10-6-5-9-25(27)15-31(34)32(17-26)35(30)37/h3-18H,1-2H3. The van der Waals surface area contributed by atoms with E-state index in [0.29, 0.717) is 5.56 Å². The number of aromatic nitrogens is 1. The zero-order valence-electron chi connectivity index (χ0n) is 20.6. The van der Waals surface area contributed by atoms with E-state index in [4.69, 9.17) is 0 Å². The van der Waals surface area contributed by atoms with Crippen molar-refractivity contribution in [1.29, 1.82) is 5.26 Å². The summed E-state index contributed by atoms with van der Waals surface area (Å²) in [5, 5.41) is 19.7. The van der Waals surface area contributed by atoms with Gasteiger partial charge >= 0.3 is 0 Å². The summed E-state index contributed by atoms with van der Waals surface area (Å²) in [4.78, 5) is 0. The van der Waals surface area contributed by atoms with Crippen LogP contribution in [0.4, 0.5) is 0 Å². The first-order valence-electron chi connectivity index (χ1n) is 12.7. The van der Waals surface area contributed by atoms with Gasteiger partial charge in [-0.15, -0.1) is 0 Å². The van der Waals surface area contributed by atoms with Crippen LogP contribution in [0.5, 0.6) is 0 Å². The minimum atomic E-state index is 0.688. The van der Waals surface area contributed by atoms with Gasteiger partial charge in [0.05, 0.1) is 28.2 Å². The molecule has 0 N–H and O–H groups in total. The molecule has 2 heteroatoms. The lowest BCUT2D eigenvalue weighted by atomic mass is 9.94. The normalized spacial score (nSPS) is 12.0. The van der Waals surface area contributed by atoms with Gasteiger partial charge in [0.25, 0.3) is 0 Å². The Labute approximate surface area is 213 Å². The number of hydrogen-bond donors (Lipinski definition) is 0. The third-order valence-electron chi connectivity index (χ3n) is 8.20. The lowest BCUT2D eigenvalue weighted by molar-refractivity contribution is 1.35. The van der Waals surface area contributed by atoms with Crippen molar-refractivity contribution in [3.8, 4) is 17.2 Å². The molecule has 172 valence electrons. The summed E-state index contributed by atoms with van der Waals surface area (Å²) in [6.07, 6.45) is 0. The molecule has 0 atom stereocenters. The zero-order chi connectivity index (χ0) is 24.8. The lowest BCUT2D eigenvalue weighted by Crippen LogP contribution is -1.87. The van der Waals surface area contributed by atoms with Crippen molar-refractivity contribution in [2.45, 2.75) is 13.8 Å². The Bertz CT molecular complexity index is 2270. The van der Waals surface area contributed by atoms with Crippen molar-refractivity contribution in [1.82, 2.24) is 4.40 Å². The summed E-state index contributed by atoms with van der Waals surface area (Å²) in [7, 11) is 0. The van der Waals surface area contributed by atoms with Crippen molar-refractivity contribution < 1.29 is 0 Å². The lowest BCUT2D eigenvalue weighted by Gasteiger charge is -2.09. The fourth-order valence-electron chi connectivity index (χ4n) is 6.44. The minimum absolute atomic E-state index is 0.688. The number of nitriles is 1. The molecule has 0 unspecified atom stereocenters. The molecule has 6 aromatic carbocycles. The molecule has 0 aliphatic carbocycles. The van der Waals surface area contributed by atoms with E-state index in [-0.39, 0.29) is 0 Å². The number of hydrogen-bond acceptors (Lipinski definition) is 1. The molecule has 0 bridgehead atoms. The Morgan fingerprint density at radius 3 is 2.03 bits per heavy atom. The summed E-state index contributed by atoms with van der Waals surface area (Å²) >= 11 is 0. The Kier molecular flexibility index (Phi) is 3.90. The quantitative estimate of drug-likeness (QED) is 0.235. The molecule has 0 aliphatic rings. The second-order valence-corrected chi connectivity index (χ2v) is 10.2. The van der Waals surface area contributed by atoms with Gasteiger partial charge in [-0.25, -0.2) is 0 Å². The van der Waals surface area contributed by atoms with Crippen molar-refractivity contribution >= 4 is 59.6 Å². The first-order valence-corrected chi connectivity index (χ1v) is 12.7. The predicted molar refractivity (Wildman–Crippen MR) is 156 cm³/mol. The number of nitrogens with zero attached hydrogens (tertiary/aromatic N) is 2. The average molecular weight is 471 g/mol. The molecule has 8 aromatic rings. The van der Waals surface area contributed by atoms with Gasteiger partial charge in [-0.3, -0.25) is 0 Å². The number of rotatable bonds is 1. The van der Waals surface area contributed by atoms with Gasteiger partial charge < -0.3 is 4.40 Å². The van der Waals surface area contributed by atoms with Crippen molar-refractivity contribution in [3.63, 3.8) is 0 Å². The highest BCUT2D eigenvalue weighted by molar-refractivity contribution is 6.27. The Morgan fingerprint density at radius 1 is 0.595 bits per heavy atom. The molecule has 2 nitrogen and oxygen atoms in total. The van der Waals surface area contributed by atoms with Crippen LogP contribution in [-0.4, -0.2) is 4.40 Å². The highest BCUT2D eigenvalue weighted by Crippen LogP contribution is 2.45. The van der Waals surface area contributed by atoms with Crippen molar-refractivity contribution in [3.05, 3.63) is 114 Å². The molecular formula is C35H22N2. The maximum Gasteiger partial charge on any atom is 0.0991 e. The van der Waals surface area contributed by atoms with Gasteiger partial charge in [0, 0.05) is 21.5 Å². The summed E-state index contributed by atoms with van der Waals surface area (Å²) in [5.41, 5.74) is 9.24. The molecule has 0 saturated heterocycles. The summed E-state index contributed by atoms with van der Waals surface area (Å²) < 4.78 is 2.49. The Morgan fingerprint density at radius 2 is 1.24 bits per heavy atom. The number of fused-ring (bicyclic) bond motifs is 8. The summed E-state index contributed by atoms with van der Waals surface area (Å²) in [6, 6.07) is 37.3. The molecule has 2 aromatic heterocycles. The van der Waals surface area contributed by atoms with Crippen molar-refractivity contribution in [2.24, 2.45) is 0 Å². The number of aryl methyl sites for hydroxylation is 2. The predicted octanol–water partition coefficient (Wildman–Crippen LogP) is 9.30. The van der Waals surface area contributed by atoms with Crippen LogP contribution in [0.2, 0.25) is 0 Å². The fraction of sp³-hybridized carbons (Fsp3) is 0.0571. The molecule has 8 rings (SSSR count). The second kappa shape index (κ2) is 7.09. The molecular weight excluding hydrogens is 448 g/mol. The Balaban J connectivity index is 1.65. The SMILES string of the molecule is Cc1ccc(C#N)cc1-c1cc2c3cc4ccccc4cc3n3c4c(C)c5ccccc5cc4c(c1)c23. The van der Waals surface area contributed by atoms with Crippen molar-refractivity contribution in [2.75, 3.05) is 0 Å².